The lowest BCUT2D eigenvalue weighted by Gasteiger charge is -1.99. The summed E-state index contributed by atoms with van der Waals surface area (Å²) in [6.45, 7) is 0.246. The molecule has 3 heteroatoms. The van der Waals surface area contributed by atoms with E-state index in [-0.39, 0.29) is 6.54 Å². The molecule has 11 heavy (non-hydrogen) atoms. The van der Waals surface area contributed by atoms with Crippen molar-refractivity contribution in [3.8, 4) is 0 Å². The van der Waals surface area contributed by atoms with Crippen LogP contribution in [0, 0.1) is 4.91 Å². The average molecular weight is 150 g/mol. The van der Waals surface area contributed by atoms with E-state index in [1.807, 2.05) is 31.3 Å². The van der Waals surface area contributed by atoms with Gasteiger partial charge in [-0.2, -0.15) is 4.91 Å². The summed E-state index contributed by atoms with van der Waals surface area (Å²) in [4.78, 5) is 9.90. The predicted molar refractivity (Wildman–Crippen MR) is 45.5 cm³/mol. The quantitative estimate of drug-likeness (QED) is 0.669. The van der Waals surface area contributed by atoms with Crippen LogP contribution in [0.2, 0.25) is 0 Å². The molecular formula is C8H10N2O. The molecule has 0 aliphatic rings. The first-order valence-electron chi connectivity index (χ1n) is 3.42. The van der Waals surface area contributed by atoms with Crippen LogP contribution < -0.4 is 5.32 Å². The van der Waals surface area contributed by atoms with Crippen molar-refractivity contribution in [1.82, 2.24) is 0 Å². The number of anilines is 1. The fourth-order valence-electron chi connectivity index (χ4n) is 0.900. The monoisotopic (exact) mass is 150 g/mol. The van der Waals surface area contributed by atoms with Gasteiger partial charge in [-0.3, -0.25) is 0 Å². The first kappa shape index (κ1) is 7.72. The van der Waals surface area contributed by atoms with Crippen LogP contribution in [0.1, 0.15) is 5.56 Å². The summed E-state index contributed by atoms with van der Waals surface area (Å²) in [5.74, 6) is 0. The molecule has 0 unspecified atom stereocenters. The molecule has 0 spiro atoms. The minimum absolute atomic E-state index is 0.246. The van der Waals surface area contributed by atoms with Gasteiger partial charge in [0, 0.05) is 12.7 Å². The van der Waals surface area contributed by atoms with E-state index in [0.717, 1.165) is 11.3 Å². The molecule has 0 heterocycles. The van der Waals surface area contributed by atoms with Crippen LogP contribution in [0.25, 0.3) is 0 Å². The highest BCUT2D eigenvalue weighted by Crippen LogP contribution is 2.09. The second kappa shape index (κ2) is 3.71. The SMILES string of the molecule is CNc1cccc(CN=O)c1. The van der Waals surface area contributed by atoms with Gasteiger partial charge in [0.1, 0.15) is 6.54 Å². The topological polar surface area (TPSA) is 41.5 Å². The highest BCUT2D eigenvalue weighted by molar-refractivity contribution is 5.44. The fourth-order valence-corrected chi connectivity index (χ4v) is 0.900. The Balaban J connectivity index is 2.82. The molecule has 1 rings (SSSR count). The van der Waals surface area contributed by atoms with Gasteiger partial charge in [-0.1, -0.05) is 17.3 Å². The summed E-state index contributed by atoms with van der Waals surface area (Å²) in [5.41, 5.74) is 1.94. The lowest BCUT2D eigenvalue weighted by molar-refractivity contribution is 1.06. The van der Waals surface area contributed by atoms with Crippen LogP contribution >= 0.6 is 0 Å². The van der Waals surface area contributed by atoms with Crippen molar-refractivity contribution in [3.05, 3.63) is 34.7 Å². The Morgan fingerprint density at radius 1 is 1.55 bits per heavy atom. The number of nitrogens with one attached hydrogen (secondary N) is 1. The standard InChI is InChI=1S/C8H10N2O/c1-9-8-4-2-3-7(5-8)6-10-11/h2-5,9H,6H2,1H3. The zero-order chi connectivity index (χ0) is 8.10. The second-order valence-corrected chi connectivity index (χ2v) is 2.24. The molecule has 58 valence electrons. The van der Waals surface area contributed by atoms with Crippen LogP contribution in [-0.2, 0) is 6.54 Å². The van der Waals surface area contributed by atoms with E-state index in [0.29, 0.717) is 0 Å². The minimum atomic E-state index is 0.246. The van der Waals surface area contributed by atoms with Crippen molar-refractivity contribution in [2.24, 2.45) is 5.18 Å². The molecule has 0 atom stereocenters. The number of nitrogens with zero attached hydrogens (tertiary/aromatic N) is 1. The Bertz CT molecular complexity index is 248. The van der Waals surface area contributed by atoms with Crippen molar-refractivity contribution in [1.29, 1.82) is 0 Å². The molecule has 0 saturated heterocycles. The summed E-state index contributed by atoms with van der Waals surface area (Å²) in [5, 5.41) is 5.79. The van der Waals surface area contributed by atoms with Gasteiger partial charge in [0.15, 0.2) is 0 Å². The van der Waals surface area contributed by atoms with E-state index in [2.05, 4.69) is 10.5 Å². The van der Waals surface area contributed by atoms with Gasteiger partial charge in [-0.05, 0) is 17.7 Å². The number of hydrogen-bond acceptors (Lipinski definition) is 3. The van der Waals surface area contributed by atoms with Crippen LogP contribution in [-0.4, -0.2) is 7.05 Å². The Kier molecular flexibility index (Phi) is 2.60. The van der Waals surface area contributed by atoms with Gasteiger partial charge >= 0.3 is 0 Å². The van der Waals surface area contributed by atoms with Crippen molar-refractivity contribution in [3.63, 3.8) is 0 Å². The molecule has 0 aliphatic heterocycles. The third-order valence-electron chi connectivity index (χ3n) is 1.46. The van der Waals surface area contributed by atoms with Gasteiger partial charge < -0.3 is 5.32 Å². The van der Waals surface area contributed by atoms with Crippen LogP contribution in [0.3, 0.4) is 0 Å². The molecule has 1 aromatic rings. The highest BCUT2D eigenvalue weighted by atomic mass is 16.3. The summed E-state index contributed by atoms with van der Waals surface area (Å²) < 4.78 is 0. The van der Waals surface area contributed by atoms with Gasteiger partial charge in [-0.15, -0.1) is 0 Å². The number of nitroso groups, excluding NO2 is 1. The summed E-state index contributed by atoms with van der Waals surface area (Å²) in [6.07, 6.45) is 0. The van der Waals surface area contributed by atoms with Crippen molar-refractivity contribution in [2.45, 2.75) is 6.54 Å². The third-order valence-corrected chi connectivity index (χ3v) is 1.46. The van der Waals surface area contributed by atoms with E-state index >= 15 is 0 Å². The summed E-state index contributed by atoms with van der Waals surface area (Å²) >= 11 is 0. The summed E-state index contributed by atoms with van der Waals surface area (Å²) in [7, 11) is 1.84. The maximum absolute atomic E-state index is 9.90. The van der Waals surface area contributed by atoms with Crippen molar-refractivity contribution in [2.75, 3.05) is 12.4 Å². The van der Waals surface area contributed by atoms with E-state index in [4.69, 9.17) is 0 Å². The Morgan fingerprint density at radius 2 is 2.36 bits per heavy atom. The van der Waals surface area contributed by atoms with Gasteiger partial charge in [-0.25, -0.2) is 0 Å². The first-order chi connectivity index (χ1) is 5.36. The molecule has 1 N–H and O–H groups in total. The first-order valence-corrected chi connectivity index (χ1v) is 3.42. The third kappa shape index (κ3) is 2.04. The van der Waals surface area contributed by atoms with Crippen molar-refractivity contribution < 1.29 is 0 Å². The zero-order valence-electron chi connectivity index (χ0n) is 6.37. The van der Waals surface area contributed by atoms with Crippen molar-refractivity contribution >= 4 is 5.69 Å². The largest absolute Gasteiger partial charge is 0.388 e. The second-order valence-electron chi connectivity index (χ2n) is 2.24. The highest BCUT2D eigenvalue weighted by Gasteiger charge is 1.92. The molecule has 0 aliphatic carbocycles. The maximum Gasteiger partial charge on any atom is 0.106 e. The predicted octanol–water partition coefficient (Wildman–Crippen LogP) is 1.99. The normalized spacial score (nSPS) is 9.18. The molecule has 0 fully saturated rings. The van der Waals surface area contributed by atoms with Gasteiger partial charge in [0.2, 0.25) is 0 Å². The van der Waals surface area contributed by atoms with Gasteiger partial charge in [0.25, 0.3) is 0 Å². The average Bonchev–Trinajstić information content (AvgIpc) is 2.06. The Labute approximate surface area is 65.4 Å². The zero-order valence-corrected chi connectivity index (χ0v) is 6.37. The Morgan fingerprint density at radius 3 is 3.00 bits per heavy atom. The van der Waals surface area contributed by atoms with Crippen LogP contribution in [0.5, 0.6) is 0 Å². The number of benzene rings is 1. The Hall–Kier alpha value is -1.38. The molecule has 0 bridgehead atoms. The molecule has 0 radical (unpaired) electrons. The molecule has 0 aromatic heterocycles. The smallest absolute Gasteiger partial charge is 0.106 e. The molecule has 0 saturated carbocycles. The van der Waals surface area contributed by atoms with E-state index in [9.17, 15) is 4.91 Å². The number of hydrogen-bond donors (Lipinski definition) is 1. The maximum atomic E-state index is 9.90. The van der Waals surface area contributed by atoms with E-state index in [1.54, 1.807) is 0 Å². The lowest BCUT2D eigenvalue weighted by Crippen LogP contribution is -1.88. The van der Waals surface area contributed by atoms with Gasteiger partial charge in [0.05, 0.1) is 0 Å². The molecule has 3 nitrogen and oxygen atoms in total. The fraction of sp³-hybridized carbons (Fsp3) is 0.250. The van der Waals surface area contributed by atoms with Crippen LogP contribution in [0.4, 0.5) is 5.69 Å². The van der Waals surface area contributed by atoms with Crippen LogP contribution in [0.15, 0.2) is 29.4 Å². The molecular weight excluding hydrogens is 140 g/mol. The van der Waals surface area contributed by atoms with E-state index in [1.165, 1.54) is 0 Å². The minimum Gasteiger partial charge on any atom is -0.388 e. The summed E-state index contributed by atoms with van der Waals surface area (Å²) in [6, 6.07) is 7.62. The molecule has 1 aromatic carbocycles. The lowest BCUT2D eigenvalue weighted by atomic mass is 10.2. The number of rotatable bonds is 3. The van der Waals surface area contributed by atoms with E-state index < -0.39 is 0 Å². The molecule has 0 amide bonds.